The smallest absolute Gasteiger partial charge is 0.364 e. The number of aliphatic hydroxyl groups excluding tert-OH is 1. The van der Waals surface area contributed by atoms with Gasteiger partial charge in [0.15, 0.2) is 0 Å². The molecule has 34 heavy (non-hydrogen) atoms. The van der Waals surface area contributed by atoms with Crippen LogP contribution in [-0.4, -0.2) is 71.1 Å². The topological polar surface area (TPSA) is 91.3 Å². The maximum absolute atomic E-state index is 13.7. The summed E-state index contributed by atoms with van der Waals surface area (Å²) in [5.74, 6) is -8.55. The minimum absolute atomic E-state index is 0.0308. The second kappa shape index (κ2) is 13.2. The maximum Gasteiger partial charge on any atom is 0.364 e. The van der Waals surface area contributed by atoms with Crippen LogP contribution in [-0.2, 0) is 27.9 Å². The highest BCUT2D eigenvalue weighted by Gasteiger charge is 2.44. The van der Waals surface area contributed by atoms with Gasteiger partial charge in [0, 0.05) is 20.6 Å². The van der Waals surface area contributed by atoms with Gasteiger partial charge in [0.2, 0.25) is 0 Å². The molecule has 12 heteroatoms. The normalized spacial score (nSPS) is 15.1. The first-order valence-corrected chi connectivity index (χ1v) is 13.5. The van der Waals surface area contributed by atoms with Gasteiger partial charge in [-0.25, -0.2) is 17.6 Å². The summed E-state index contributed by atoms with van der Waals surface area (Å²) in [6.07, 6.45) is -2.17. The molecule has 0 saturated heterocycles. The first kappa shape index (κ1) is 32.8. The number of alkyl halides is 4. The minimum Gasteiger partial charge on any atom is -0.465 e. The fourth-order valence-corrected chi connectivity index (χ4v) is 5.27. The van der Waals surface area contributed by atoms with E-state index in [9.17, 15) is 32.3 Å². The number of hydrogen-bond donors (Lipinski definition) is 1. The van der Waals surface area contributed by atoms with E-state index in [1.165, 1.54) is 14.2 Å². The number of carbonyl (C=O) groups excluding carboxylic acids is 2. The van der Waals surface area contributed by atoms with E-state index >= 15 is 0 Å². The summed E-state index contributed by atoms with van der Waals surface area (Å²) < 4.78 is 74.0. The fraction of sp³-hybridized carbons (Fsp3) is 0.909. The third-order valence-corrected chi connectivity index (χ3v) is 8.93. The van der Waals surface area contributed by atoms with Crippen molar-refractivity contribution in [2.45, 2.75) is 84.6 Å². The van der Waals surface area contributed by atoms with Crippen LogP contribution in [0, 0.1) is 10.8 Å². The Hall–Kier alpha value is -1.24. The Morgan fingerprint density at radius 1 is 0.882 bits per heavy atom. The third kappa shape index (κ3) is 11.0. The highest BCUT2D eigenvalue weighted by Crippen LogP contribution is 2.39. The molecule has 0 aliphatic heterocycles. The van der Waals surface area contributed by atoms with Crippen LogP contribution in [0.25, 0.3) is 0 Å². The predicted molar refractivity (Wildman–Crippen MR) is 120 cm³/mol. The number of rotatable bonds is 17. The molecule has 0 saturated carbocycles. The Balaban J connectivity index is 4.88. The molecular weight excluding hydrogens is 480 g/mol. The van der Waals surface area contributed by atoms with Gasteiger partial charge in [-0.05, 0) is 53.0 Å². The molecule has 0 aromatic carbocycles. The van der Waals surface area contributed by atoms with Crippen LogP contribution in [0.2, 0.25) is 6.04 Å². The third-order valence-electron chi connectivity index (χ3n) is 5.85. The maximum atomic E-state index is 13.7. The van der Waals surface area contributed by atoms with E-state index in [2.05, 4.69) is 0 Å². The van der Waals surface area contributed by atoms with E-state index in [1.54, 1.807) is 27.7 Å². The molecule has 0 heterocycles. The monoisotopic (exact) mass is 520 g/mol. The van der Waals surface area contributed by atoms with Crippen LogP contribution in [0.3, 0.4) is 0 Å². The van der Waals surface area contributed by atoms with Gasteiger partial charge in [0.25, 0.3) is 11.8 Å². The highest BCUT2D eigenvalue weighted by atomic mass is 28.4. The summed E-state index contributed by atoms with van der Waals surface area (Å²) in [4.78, 5) is 25.3. The Morgan fingerprint density at radius 2 is 1.41 bits per heavy atom. The van der Waals surface area contributed by atoms with Crippen molar-refractivity contribution >= 4 is 20.5 Å². The van der Waals surface area contributed by atoms with E-state index < -0.39 is 62.6 Å². The lowest BCUT2D eigenvalue weighted by molar-refractivity contribution is -0.165. The zero-order valence-corrected chi connectivity index (χ0v) is 22.3. The van der Waals surface area contributed by atoms with E-state index in [-0.39, 0.29) is 25.7 Å². The molecule has 1 N–H and O–H groups in total. The average Bonchev–Trinajstić information content (AvgIpc) is 2.71. The molecule has 1 unspecified atom stereocenters. The number of ether oxygens (including phenoxy) is 2. The number of carbonyl (C=O) groups is 2. The molecule has 0 fully saturated rings. The lowest BCUT2D eigenvalue weighted by Crippen LogP contribution is -2.44. The van der Waals surface area contributed by atoms with Crippen molar-refractivity contribution in [1.29, 1.82) is 0 Å². The van der Waals surface area contributed by atoms with E-state index in [0.717, 1.165) is 0 Å². The molecule has 0 rings (SSSR count). The molecule has 0 aromatic rings. The van der Waals surface area contributed by atoms with Crippen LogP contribution in [0.1, 0.15) is 66.7 Å². The Kier molecular flexibility index (Phi) is 12.7. The van der Waals surface area contributed by atoms with Crippen LogP contribution >= 0.6 is 0 Å². The van der Waals surface area contributed by atoms with E-state index in [4.69, 9.17) is 18.3 Å². The second-order valence-electron chi connectivity index (χ2n) is 9.68. The SMILES string of the molecule is CCC(C)(CC(C)(C)C(=O)OCCC[Si](CO)(OC)OC)C(=O)OCCC(F)(F)CC(C)(F)F. The first-order valence-electron chi connectivity index (χ1n) is 11.2. The van der Waals surface area contributed by atoms with Gasteiger partial charge in [-0.15, -0.1) is 0 Å². The standard InChI is InChI=1S/C22H40F4O7Si/c1-8-20(4,18(29)33-12-10-22(25,26)15-21(5,23)24)14-19(2,3)17(28)32-11-9-13-34(16-27,30-6)31-7/h27H,8-16H2,1-7H3. The molecule has 0 amide bonds. The molecule has 7 nitrogen and oxygen atoms in total. The van der Waals surface area contributed by atoms with Gasteiger partial charge in [0.1, 0.15) is 0 Å². The molecule has 0 aliphatic carbocycles. The molecule has 0 aliphatic rings. The van der Waals surface area contributed by atoms with Crippen molar-refractivity contribution in [3.63, 3.8) is 0 Å². The summed E-state index contributed by atoms with van der Waals surface area (Å²) in [5.41, 5.74) is -2.26. The first-order chi connectivity index (χ1) is 15.4. The summed E-state index contributed by atoms with van der Waals surface area (Å²) in [6.45, 7) is 6.22. The molecule has 1 atom stereocenters. The second-order valence-corrected chi connectivity index (χ2v) is 13.1. The zero-order valence-electron chi connectivity index (χ0n) is 21.3. The van der Waals surface area contributed by atoms with Crippen LogP contribution < -0.4 is 0 Å². The van der Waals surface area contributed by atoms with Crippen molar-refractivity contribution in [1.82, 2.24) is 0 Å². The molecule has 0 bridgehead atoms. The van der Waals surface area contributed by atoms with Crippen molar-refractivity contribution in [3.8, 4) is 0 Å². The number of esters is 2. The van der Waals surface area contributed by atoms with Crippen molar-refractivity contribution in [3.05, 3.63) is 0 Å². The Morgan fingerprint density at radius 3 is 1.85 bits per heavy atom. The summed E-state index contributed by atoms with van der Waals surface area (Å²) in [6, 6.07) is 0.414. The average molecular weight is 521 g/mol. The van der Waals surface area contributed by atoms with E-state index in [0.29, 0.717) is 19.4 Å². The molecule has 202 valence electrons. The fourth-order valence-electron chi connectivity index (χ4n) is 3.60. The van der Waals surface area contributed by atoms with Gasteiger partial charge in [-0.3, -0.25) is 9.59 Å². The number of aliphatic hydroxyl groups is 1. The largest absolute Gasteiger partial charge is 0.465 e. The lowest BCUT2D eigenvalue weighted by Gasteiger charge is -2.34. The van der Waals surface area contributed by atoms with Crippen LogP contribution in [0.15, 0.2) is 0 Å². The zero-order chi connectivity index (χ0) is 26.8. The van der Waals surface area contributed by atoms with Crippen molar-refractivity contribution in [2.75, 3.05) is 33.7 Å². The van der Waals surface area contributed by atoms with Gasteiger partial charge in [-0.1, -0.05) is 6.92 Å². The summed E-state index contributed by atoms with van der Waals surface area (Å²) >= 11 is 0. The van der Waals surface area contributed by atoms with Crippen LogP contribution in [0.4, 0.5) is 17.6 Å². The number of halogens is 4. The molecule has 0 aromatic heterocycles. The minimum atomic E-state index is -3.67. The predicted octanol–water partition coefficient (Wildman–Crippen LogP) is 4.63. The highest BCUT2D eigenvalue weighted by molar-refractivity contribution is 6.67. The van der Waals surface area contributed by atoms with Gasteiger partial charge < -0.3 is 23.4 Å². The van der Waals surface area contributed by atoms with Gasteiger partial charge in [0.05, 0.1) is 36.7 Å². The van der Waals surface area contributed by atoms with Crippen molar-refractivity contribution < 1.29 is 50.6 Å². The van der Waals surface area contributed by atoms with Gasteiger partial charge >= 0.3 is 20.5 Å². The quantitative estimate of drug-likeness (QED) is 0.129. The van der Waals surface area contributed by atoms with E-state index in [1.807, 2.05) is 0 Å². The molecule has 0 radical (unpaired) electrons. The van der Waals surface area contributed by atoms with Crippen molar-refractivity contribution in [2.24, 2.45) is 10.8 Å². The molecular formula is C22H40F4O7Si. The lowest BCUT2D eigenvalue weighted by atomic mass is 9.72. The molecule has 0 spiro atoms. The summed E-state index contributed by atoms with van der Waals surface area (Å²) in [7, 11) is 0.175. The Bertz CT molecular complexity index is 643. The Labute approximate surface area is 200 Å². The van der Waals surface area contributed by atoms with Gasteiger partial charge in [-0.2, -0.15) is 0 Å². The number of hydrogen-bond acceptors (Lipinski definition) is 7. The summed E-state index contributed by atoms with van der Waals surface area (Å²) in [5, 5.41) is 9.46. The van der Waals surface area contributed by atoms with Crippen LogP contribution in [0.5, 0.6) is 0 Å².